The van der Waals surface area contributed by atoms with Crippen molar-refractivity contribution in [1.82, 2.24) is 20.3 Å². The Hall–Kier alpha value is -3.71. The highest BCUT2D eigenvalue weighted by molar-refractivity contribution is 6.02. The highest BCUT2D eigenvalue weighted by atomic mass is 19.4. The number of piperidine rings is 1. The lowest BCUT2D eigenvalue weighted by Gasteiger charge is -2.37. The molecule has 4 heterocycles. The molecular formula is C31H38F4N6O3. The molecule has 0 aliphatic carbocycles. The normalized spacial score (nSPS) is 22.5. The first-order valence-corrected chi connectivity index (χ1v) is 14.8. The van der Waals surface area contributed by atoms with Crippen LogP contribution in [0.15, 0.2) is 57.3 Å². The molecule has 5 rings (SSSR count). The molecule has 44 heavy (non-hydrogen) atoms. The Balaban J connectivity index is 1.36. The minimum atomic E-state index is -4.45. The Morgan fingerprint density at radius 1 is 1.14 bits per heavy atom. The van der Waals surface area contributed by atoms with Crippen LogP contribution < -0.4 is 11.1 Å². The number of hydrogen-bond donors (Lipinski definition) is 2. The van der Waals surface area contributed by atoms with Crippen LogP contribution in [0, 0.1) is 6.92 Å². The third-order valence-electron chi connectivity index (χ3n) is 8.56. The molecule has 0 unspecified atom stereocenters. The van der Waals surface area contributed by atoms with E-state index in [0.717, 1.165) is 11.6 Å². The number of hydrogen-bond acceptors (Lipinski definition) is 7. The van der Waals surface area contributed by atoms with E-state index in [1.807, 2.05) is 4.90 Å². The van der Waals surface area contributed by atoms with E-state index in [1.54, 1.807) is 24.8 Å². The molecular weight excluding hydrogens is 580 g/mol. The number of aryl methyl sites for hydroxylation is 1. The van der Waals surface area contributed by atoms with Gasteiger partial charge in [0.1, 0.15) is 23.3 Å². The van der Waals surface area contributed by atoms with E-state index in [-0.39, 0.29) is 48.4 Å². The number of benzene rings is 1. The van der Waals surface area contributed by atoms with Gasteiger partial charge in [-0.15, -0.1) is 0 Å². The first-order chi connectivity index (χ1) is 20.9. The third-order valence-corrected chi connectivity index (χ3v) is 8.56. The lowest BCUT2D eigenvalue weighted by atomic mass is 9.96. The number of ether oxygens (including phenoxy) is 1. The quantitative estimate of drug-likeness (QED) is 0.157. The molecule has 0 radical (unpaired) electrons. The summed E-state index contributed by atoms with van der Waals surface area (Å²) < 4.78 is 64.8. The van der Waals surface area contributed by atoms with E-state index in [0.29, 0.717) is 74.5 Å². The molecule has 3 aliphatic rings. The summed E-state index contributed by atoms with van der Waals surface area (Å²) in [5.41, 5.74) is 8.24. The number of carbonyl (C=O) groups excluding carboxylic acids is 1. The first-order valence-electron chi connectivity index (χ1n) is 14.8. The average molecular weight is 619 g/mol. The van der Waals surface area contributed by atoms with Crippen LogP contribution in [0.1, 0.15) is 54.3 Å². The summed E-state index contributed by atoms with van der Waals surface area (Å²) in [4.78, 5) is 22.0. The molecule has 1 aromatic heterocycles. The minimum absolute atomic E-state index is 0.0128. The van der Waals surface area contributed by atoms with Gasteiger partial charge >= 0.3 is 6.18 Å². The highest BCUT2D eigenvalue weighted by Crippen LogP contribution is 2.33. The Kier molecular flexibility index (Phi) is 9.45. The van der Waals surface area contributed by atoms with Crippen molar-refractivity contribution >= 4 is 11.7 Å². The molecule has 1 amide bonds. The summed E-state index contributed by atoms with van der Waals surface area (Å²) in [6.45, 7) is 9.81. The number of nitrogens with two attached hydrogens (primary N) is 1. The van der Waals surface area contributed by atoms with Crippen molar-refractivity contribution in [3.63, 3.8) is 0 Å². The maximum Gasteiger partial charge on any atom is 0.416 e. The predicted molar refractivity (Wildman–Crippen MR) is 156 cm³/mol. The molecule has 1 aromatic carbocycles. The molecule has 0 spiro atoms. The van der Waals surface area contributed by atoms with Crippen molar-refractivity contribution < 1.29 is 31.6 Å². The summed E-state index contributed by atoms with van der Waals surface area (Å²) >= 11 is 0. The maximum atomic E-state index is 14.3. The van der Waals surface area contributed by atoms with Gasteiger partial charge in [0.2, 0.25) is 0 Å². The molecule has 238 valence electrons. The van der Waals surface area contributed by atoms with Gasteiger partial charge in [-0.2, -0.15) is 13.2 Å². The molecule has 0 bridgehead atoms. The van der Waals surface area contributed by atoms with Crippen LogP contribution in [0.5, 0.6) is 0 Å². The Bertz CT molecular complexity index is 1440. The fourth-order valence-corrected chi connectivity index (χ4v) is 5.89. The van der Waals surface area contributed by atoms with Crippen LogP contribution in [0.4, 0.5) is 17.6 Å². The second kappa shape index (κ2) is 13.1. The fourth-order valence-electron chi connectivity index (χ4n) is 5.89. The van der Waals surface area contributed by atoms with E-state index in [4.69, 9.17) is 15.0 Å². The van der Waals surface area contributed by atoms with Crippen LogP contribution >= 0.6 is 0 Å². The topological polar surface area (TPSA) is 109 Å². The Labute approximate surface area is 253 Å². The SMILES string of the molecule is C=C(/C(C)=C(\N=C(N)c1cc(C)on1)C(=O)N1CCC(N[C@H]2CCOC[C@H]2F)CC1)N1CCc2ccc(C(F)(F)F)cc2C1. The summed E-state index contributed by atoms with van der Waals surface area (Å²) in [5.74, 6) is 0.161. The number of allylic oxidation sites excluding steroid dienone is 1. The van der Waals surface area contributed by atoms with E-state index < -0.39 is 17.9 Å². The molecule has 2 aromatic rings. The second-order valence-electron chi connectivity index (χ2n) is 11.6. The van der Waals surface area contributed by atoms with Crippen molar-refractivity contribution in [3.8, 4) is 0 Å². The monoisotopic (exact) mass is 618 g/mol. The lowest BCUT2D eigenvalue weighted by molar-refractivity contribution is -0.137. The van der Waals surface area contributed by atoms with Crippen LogP contribution in [0.2, 0.25) is 0 Å². The number of rotatable bonds is 7. The molecule has 3 N–H and O–H groups in total. The number of fused-ring (bicyclic) bond motifs is 1. The van der Waals surface area contributed by atoms with E-state index in [9.17, 15) is 22.4 Å². The van der Waals surface area contributed by atoms with Crippen LogP contribution in [-0.4, -0.2) is 77.8 Å². The number of amides is 1. The van der Waals surface area contributed by atoms with Crippen LogP contribution in [-0.2, 0) is 28.7 Å². The maximum absolute atomic E-state index is 14.3. The van der Waals surface area contributed by atoms with Gasteiger partial charge in [0, 0.05) is 62.2 Å². The second-order valence-corrected chi connectivity index (χ2v) is 11.6. The van der Waals surface area contributed by atoms with Gasteiger partial charge in [-0.3, -0.25) is 4.79 Å². The van der Waals surface area contributed by atoms with Crippen molar-refractivity contribution in [1.29, 1.82) is 0 Å². The Morgan fingerprint density at radius 2 is 1.89 bits per heavy atom. The standard InChI is InChI=1S/C31H38F4N6O3/c1-18-14-27(39-44-18)29(36)38-28(30(42)40-11-7-24(8-12-40)37-26-9-13-43-17-25(26)32)19(2)20(3)41-10-6-21-4-5-23(31(33,34)35)15-22(21)16-41/h4-5,14-15,24-26,37H,3,6-13,16-17H2,1-2H3,(H2,36,38)/b28-19-/t25-,26+/m1/s1. The number of alkyl halides is 4. The van der Waals surface area contributed by atoms with Crippen LogP contribution in [0.3, 0.4) is 0 Å². The average Bonchev–Trinajstić information content (AvgIpc) is 3.45. The largest absolute Gasteiger partial charge is 0.416 e. The summed E-state index contributed by atoms with van der Waals surface area (Å²) in [6.07, 6.45) is -3.12. The zero-order valence-corrected chi connectivity index (χ0v) is 24.9. The van der Waals surface area contributed by atoms with Crippen molar-refractivity contribution in [2.24, 2.45) is 10.7 Å². The number of halogens is 4. The van der Waals surface area contributed by atoms with E-state index in [2.05, 4.69) is 22.0 Å². The van der Waals surface area contributed by atoms with Crippen LogP contribution in [0.25, 0.3) is 0 Å². The summed E-state index contributed by atoms with van der Waals surface area (Å²) in [7, 11) is 0. The fraction of sp³-hybridized carbons (Fsp3) is 0.516. The van der Waals surface area contributed by atoms with E-state index in [1.165, 1.54) is 12.1 Å². The molecule has 3 aliphatic heterocycles. The molecule has 2 fully saturated rings. The molecule has 0 saturated carbocycles. The number of nitrogens with one attached hydrogen (secondary N) is 1. The molecule has 9 nitrogen and oxygen atoms in total. The lowest BCUT2D eigenvalue weighted by Crippen LogP contribution is -2.52. The van der Waals surface area contributed by atoms with Gasteiger partial charge in [-0.05, 0) is 62.8 Å². The Morgan fingerprint density at radius 3 is 2.55 bits per heavy atom. The third kappa shape index (κ3) is 7.15. The van der Waals surface area contributed by atoms with Gasteiger partial charge < -0.3 is 30.1 Å². The van der Waals surface area contributed by atoms with E-state index >= 15 is 0 Å². The highest BCUT2D eigenvalue weighted by Gasteiger charge is 2.34. The number of aromatic nitrogens is 1. The summed E-state index contributed by atoms with van der Waals surface area (Å²) in [6, 6.07) is 5.20. The molecule has 13 heteroatoms. The first kappa shape index (κ1) is 31.7. The van der Waals surface area contributed by atoms with Gasteiger partial charge in [-0.1, -0.05) is 17.8 Å². The number of carbonyl (C=O) groups is 1. The van der Waals surface area contributed by atoms with Gasteiger partial charge in [0.05, 0.1) is 12.2 Å². The number of nitrogens with zero attached hydrogens (tertiary/aromatic N) is 4. The van der Waals surface area contributed by atoms with Gasteiger partial charge in [0.15, 0.2) is 5.84 Å². The van der Waals surface area contributed by atoms with Crippen molar-refractivity contribution in [3.05, 3.63) is 76.0 Å². The summed E-state index contributed by atoms with van der Waals surface area (Å²) in [5, 5.41) is 7.30. The minimum Gasteiger partial charge on any atom is -0.382 e. The zero-order valence-electron chi connectivity index (χ0n) is 24.9. The smallest absolute Gasteiger partial charge is 0.382 e. The number of amidine groups is 1. The van der Waals surface area contributed by atoms with Gasteiger partial charge in [-0.25, -0.2) is 9.38 Å². The number of likely N-dealkylation sites (tertiary alicyclic amines) is 1. The van der Waals surface area contributed by atoms with Gasteiger partial charge in [0.25, 0.3) is 5.91 Å². The predicted octanol–water partition coefficient (Wildman–Crippen LogP) is 4.26. The number of aliphatic imine (C=N–C) groups is 1. The van der Waals surface area contributed by atoms with Crippen molar-refractivity contribution in [2.45, 2.75) is 70.5 Å². The van der Waals surface area contributed by atoms with Crippen molar-refractivity contribution in [2.75, 3.05) is 32.8 Å². The molecule has 2 atom stereocenters. The zero-order chi connectivity index (χ0) is 31.6. The molecule has 2 saturated heterocycles.